The highest BCUT2D eigenvalue weighted by Crippen LogP contribution is 2.37. The molecule has 0 aromatic heterocycles. The molecule has 0 fully saturated rings. The molecule has 35 heavy (non-hydrogen) atoms. The van der Waals surface area contributed by atoms with E-state index in [2.05, 4.69) is 5.32 Å². The number of halogens is 1. The molecule has 1 aliphatic rings. The van der Waals surface area contributed by atoms with Crippen LogP contribution >= 0.6 is 0 Å². The summed E-state index contributed by atoms with van der Waals surface area (Å²) < 4.78 is 52.3. The van der Waals surface area contributed by atoms with Gasteiger partial charge in [0, 0.05) is 11.3 Å². The molecular weight excluding hydrogens is 475 g/mol. The molecule has 4 rings (SSSR count). The molecule has 0 aliphatic carbocycles. The number of rotatable bonds is 6. The fraction of sp³-hybridized carbons (Fsp3) is 0.200. The summed E-state index contributed by atoms with van der Waals surface area (Å²) in [6.45, 7) is 3.67. The summed E-state index contributed by atoms with van der Waals surface area (Å²) in [5.74, 6) is -1.31. The third kappa shape index (κ3) is 4.97. The van der Waals surface area contributed by atoms with Crippen LogP contribution in [0.25, 0.3) is 0 Å². The standard InChI is InChI=1S/C25H23FN2O6S/c1-3-33-25(30)17-5-9-20(10-6-17)27-24(29)18-7-11-22-21(14-18)28(12-13-34-22)35(31,32)23-15-19(26)8-4-16(23)2/h4-11,14-15H,3,12-13H2,1-2H3,(H,27,29). The van der Waals surface area contributed by atoms with Crippen LogP contribution in [0.4, 0.5) is 15.8 Å². The van der Waals surface area contributed by atoms with E-state index in [-0.39, 0.29) is 35.9 Å². The molecule has 0 atom stereocenters. The third-order valence-electron chi connectivity index (χ3n) is 5.41. The van der Waals surface area contributed by atoms with Crippen molar-refractivity contribution >= 4 is 33.3 Å². The fourth-order valence-corrected chi connectivity index (χ4v) is 5.35. The van der Waals surface area contributed by atoms with Crippen molar-refractivity contribution in [3.8, 4) is 5.75 Å². The van der Waals surface area contributed by atoms with Crippen LogP contribution in [0.15, 0.2) is 65.6 Å². The number of fused-ring (bicyclic) bond motifs is 1. The Morgan fingerprint density at radius 1 is 1.06 bits per heavy atom. The SMILES string of the molecule is CCOC(=O)c1ccc(NC(=O)c2ccc3c(c2)N(S(=O)(=O)c2cc(F)ccc2C)CCO3)cc1. The minimum atomic E-state index is -4.11. The van der Waals surface area contributed by atoms with Gasteiger partial charge < -0.3 is 14.8 Å². The fourth-order valence-electron chi connectivity index (χ4n) is 3.66. The zero-order valence-electron chi connectivity index (χ0n) is 19.1. The number of ether oxygens (including phenoxy) is 2. The van der Waals surface area contributed by atoms with Gasteiger partial charge in [0.1, 0.15) is 18.2 Å². The van der Waals surface area contributed by atoms with Crippen LogP contribution in [0.5, 0.6) is 5.75 Å². The van der Waals surface area contributed by atoms with Crippen LogP contribution in [0.3, 0.4) is 0 Å². The van der Waals surface area contributed by atoms with Crippen molar-refractivity contribution in [3.63, 3.8) is 0 Å². The van der Waals surface area contributed by atoms with E-state index in [4.69, 9.17) is 9.47 Å². The Morgan fingerprint density at radius 3 is 2.49 bits per heavy atom. The first-order chi connectivity index (χ1) is 16.7. The lowest BCUT2D eigenvalue weighted by Crippen LogP contribution is -2.38. The number of amides is 1. The van der Waals surface area contributed by atoms with Crippen molar-refractivity contribution in [3.05, 3.63) is 83.2 Å². The van der Waals surface area contributed by atoms with E-state index in [0.29, 0.717) is 22.6 Å². The smallest absolute Gasteiger partial charge is 0.338 e. The van der Waals surface area contributed by atoms with Crippen LogP contribution < -0.4 is 14.4 Å². The van der Waals surface area contributed by atoms with E-state index >= 15 is 0 Å². The average molecular weight is 499 g/mol. The van der Waals surface area contributed by atoms with E-state index in [1.807, 2.05) is 0 Å². The monoisotopic (exact) mass is 498 g/mol. The van der Waals surface area contributed by atoms with Gasteiger partial charge >= 0.3 is 5.97 Å². The lowest BCUT2D eigenvalue weighted by molar-refractivity contribution is 0.0526. The number of esters is 1. The second-order valence-corrected chi connectivity index (χ2v) is 9.60. The van der Waals surface area contributed by atoms with Gasteiger partial charge in [0.05, 0.1) is 29.3 Å². The maximum atomic E-state index is 13.8. The first-order valence-corrected chi connectivity index (χ1v) is 12.3. The lowest BCUT2D eigenvalue weighted by atomic mass is 10.1. The van der Waals surface area contributed by atoms with E-state index in [1.54, 1.807) is 26.0 Å². The van der Waals surface area contributed by atoms with Gasteiger partial charge in [-0.15, -0.1) is 0 Å². The van der Waals surface area contributed by atoms with Crippen molar-refractivity contribution in [1.82, 2.24) is 0 Å². The van der Waals surface area contributed by atoms with Crippen molar-refractivity contribution in [2.45, 2.75) is 18.7 Å². The maximum absolute atomic E-state index is 13.8. The second-order valence-electron chi connectivity index (χ2n) is 7.77. The highest BCUT2D eigenvalue weighted by molar-refractivity contribution is 7.92. The first kappa shape index (κ1) is 24.2. The van der Waals surface area contributed by atoms with Crippen LogP contribution in [-0.4, -0.2) is 40.1 Å². The van der Waals surface area contributed by atoms with Crippen molar-refractivity contribution in [2.75, 3.05) is 29.4 Å². The van der Waals surface area contributed by atoms with Crippen LogP contribution in [-0.2, 0) is 14.8 Å². The van der Waals surface area contributed by atoms with Gasteiger partial charge in [0.15, 0.2) is 0 Å². The van der Waals surface area contributed by atoms with Crippen molar-refractivity contribution < 1.29 is 31.9 Å². The molecular formula is C25H23FN2O6S. The van der Waals surface area contributed by atoms with Gasteiger partial charge in [-0.3, -0.25) is 9.10 Å². The highest BCUT2D eigenvalue weighted by atomic mass is 32.2. The summed E-state index contributed by atoms with van der Waals surface area (Å²) >= 11 is 0. The van der Waals surface area contributed by atoms with Crippen LogP contribution in [0.2, 0.25) is 0 Å². The number of benzene rings is 3. The van der Waals surface area contributed by atoms with Gasteiger partial charge in [0.25, 0.3) is 15.9 Å². The number of nitrogens with one attached hydrogen (secondary N) is 1. The van der Waals surface area contributed by atoms with Gasteiger partial charge in [-0.05, 0) is 74.0 Å². The molecule has 10 heteroatoms. The van der Waals surface area contributed by atoms with E-state index in [1.165, 1.54) is 42.5 Å². The van der Waals surface area contributed by atoms with Gasteiger partial charge in [0.2, 0.25) is 0 Å². The molecule has 0 spiro atoms. The maximum Gasteiger partial charge on any atom is 0.338 e. The number of sulfonamides is 1. The molecule has 1 N–H and O–H groups in total. The number of anilines is 2. The lowest BCUT2D eigenvalue weighted by Gasteiger charge is -2.31. The van der Waals surface area contributed by atoms with Crippen molar-refractivity contribution in [1.29, 1.82) is 0 Å². The summed E-state index contributed by atoms with van der Waals surface area (Å²) in [6, 6.07) is 14.2. The molecule has 3 aromatic rings. The van der Waals surface area contributed by atoms with Crippen molar-refractivity contribution in [2.24, 2.45) is 0 Å². The number of hydrogen-bond donors (Lipinski definition) is 1. The first-order valence-electron chi connectivity index (χ1n) is 10.8. The molecule has 1 aliphatic heterocycles. The Bertz CT molecular complexity index is 1390. The third-order valence-corrected chi connectivity index (χ3v) is 7.37. The molecule has 182 valence electrons. The number of carbonyl (C=O) groups is 2. The number of hydrogen-bond acceptors (Lipinski definition) is 6. The van der Waals surface area contributed by atoms with Gasteiger partial charge in [-0.25, -0.2) is 17.6 Å². The molecule has 0 saturated carbocycles. The van der Waals surface area contributed by atoms with Crippen LogP contribution in [0, 0.1) is 12.7 Å². The zero-order chi connectivity index (χ0) is 25.2. The molecule has 0 saturated heterocycles. The van der Waals surface area contributed by atoms with E-state index in [0.717, 1.165) is 10.4 Å². The van der Waals surface area contributed by atoms with Gasteiger partial charge in [-0.1, -0.05) is 6.07 Å². The number of carbonyl (C=O) groups excluding carboxylic acids is 2. The summed E-state index contributed by atoms with van der Waals surface area (Å²) in [5.41, 5.74) is 1.57. The normalized spacial score (nSPS) is 12.9. The molecule has 1 heterocycles. The molecule has 0 bridgehead atoms. The summed E-state index contributed by atoms with van der Waals surface area (Å²) in [5, 5.41) is 2.72. The summed E-state index contributed by atoms with van der Waals surface area (Å²) in [7, 11) is -4.11. The molecule has 3 aromatic carbocycles. The molecule has 1 amide bonds. The number of nitrogens with zero attached hydrogens (tertiary/aromatic N) is 1. The summed E-state index contributed by atoms with van der Waals surface area (Å²) in [6.07, 6.45) is 0. The molecule has 0 radical (unpaired) electrons. The molecule has 0 unspecified atom stereocenters. The number of aryl methyl sites for hydroxylation is 1. The zero-order valence-corrected chi connectivity index (χ0v) is 19.9. The average Bonchev–Trinajstić information content (AvgIpc) is 2.85. The van der Waals surface area contributed by atoms with Gasteiger partial charge in [-0.2, -0.15) is 0 Å². The Kier molecular flexibility index (Phi) is 6.74. The van der Waals surface area contributed by atoms with E-state index in [9.17, 15) is 22.4 Å². The molecule has 8 nitrogen and oxygen atoms in total. The second kappa shape index (κ2) is 9.75. The predicted molar refractivity (Wildman–Crippen MR) is 128 cm³/mol. The quantitative estimate of drug-likeness (QED) is 0.513. The Hall–Kier alpha value is -3.92. The Balaban J connectivity index is 1.61. The topological polar surface area (TPSA) is 102 Å². The Morgan fingerprint density at radius 2 is 1.77 bits per heavy atom. The minimum absolute atomic E-state index is 0.00564. The minimum Gasteiger partial charge on any atom is -0.489 e. The van der Waals surface area contributed by atoms with E-state index < -0.39 is 27.7 Å². The Labute approximate surface area is 202 Å². The summed E-state index contributed by atoms with van der Waals surface area (Å²) in [4.78, 5) is 24.5. The largest absolute Gasteiger partial charge is 0.489 e. The highest BCUT2D eigenvalue weighted by Gasteiger charge is 2.32. The van der Waals surface area contributed by atoms with Crippen LogP contribution in [0.1, 0.15) is 33.2 Å². The predicted octanol–water partition coefficient (Wildman–Crippen LogP) is 4.15.